The third-order valence-corrected chi connectivity index (χ3v) is 5.81. The lowest BCUT2D eigenvalue weighted by Gasteiger charge is -2.14. The van der Waals surface area contributed by atoms with E-state index in [1.54, 1.807) is 6.07 Å². The molecular weight excluding hydrogens is 415 g/mol. The molecule has 0 bridgehead atoms. The average molecular weight is 435 g/mol. The number of hydrogen-bond acceptors (Lipinski definition) is 2. The molecule has 0 radical (unpaired) electrons. The van der Waals surface area contributed by atoms with Gasteiger partial charge in [0.2, 0.25) is 0 Å². The minimum atomic E-state index is -0.201. The molecule has 4 rings (SSSR count). The molecule has 30 heavy (non-hydrogen) atoms. The number of carbonyl (C=O) groups is 1. The van der Waals surface area contributed by atoms with E-state index in [1.165, 1.54) is 0 Å². The minimum absolute atomic E-state index is 0.201. The van der Waals surface area contributed by atoms with E-state index in [0.29, 0.717) is 21.3 Å². The van der Waals surface area contributed by atoms with E-state index < -0.39 is 0 Å². The van der Waals surface area contributed by atoms with Crippen molar-refractivity contribution in [2.75, 3.05) is 5.32 Å². The lowest BCUT2D eigenvalue weighted by atomic mass is 9.99. The number of halogens is 2. The molecule has 4 aromatic rings. The van der Waals surface area contributed by atoms with Crippen LogP contribution >= 0.6 is 23.2 Å². The Morgan fingerprint density at radius 1 is 0.933 bits per heavy atom. The predicted octanol–water partition coefficient (Wildman–Crippen LogP) is 7.39. The van der Waals surface area contributed by atoms with E-state index in [2.05, 4.69) is 11.4 Å². The van der Waals surface area contributed by atoms with Gasteiger partial charge in [-0.05, 0) is 68.3 Å². The third-order valence-electron chi connectivity index (χ3n) is 5.15. The molecule has 0 spiro atoms. The maximum Gasteiger partial charge on any atom is 0.256 e. The molecule has 0 saturated carbocycles. The van der Waals surface area contributed by atoms with Crippen LogP contribution in [0, 0.1) is 20.8 Å². The SMILES string of the molecule is Cc1cc(C)c2nc(-c3ccc(Cl)cc3)cc(C(=O)Nc3cccc(Cl)c3C)c2c1. The Hall–Kier alpha value is -2.88. The van der Waals surface area contributed by atoms with Crippen molar-refractivity contribution in [3.05, 3.63) is 93.0 Å². The van der Waals surface area contributed by atoms with Crippen molar-refractivity contribution in [2.45, 2.75) is 20.8 Å². The van der Waals surface area contributed by atoms with Crippen molar-refractivity contribution >= 4 is 45.7 Å². The topological polar surface area (TPSA) is 42.0 Å². The van der Waals surface area contributed by atoms with Crippen LogP contribution in [0.15, 0.2) is 60.7 Å². The number of rotatable bonds is 3. The summed E-state index contributed by atoms with van der Waals surface area (Å²) in [6.07, 6.45) is 0. The van der Waals surface area contributed by atoms with Crippen molar-refractivity contribution in [1.29, 1.82) is 0 Å². The van der Waals surface area contributed by atoms with Gasteiger partial charge in [-0.3, -0.25) is 4.79 Å². The number of fused-ring (bicyclic) bond motifs is 1. The van der Waals surface area contributed by atoms with Gasteiger partial charge in [-0.15, -0.1) is 0 Å². The highest BCUT2D eigenvalue weighted by molar-refractivity contribution is 6.32. The number of aryl methyl sites for hydroxylation is 2. The number of pyridine rings is 1. The Morgan fingerprint density at radius 2 is 1.67 bits per heavy atom. The number of anilines is 1. The van der Waals surface area contributed by atoms with Crippen LogP contribution in [0.1, 0.15) is 27.0 Å². The normalized spacial score (nSPS) is 11.0. The molecular formula is C25H20Cl2N2O. The summed E-state index contributed by atoms with van der Waals surface area (Å²) in [7, 11) is 0. The van der Waals surface area contributed by atoms with E-state index in [0.717, 1.165) is 38.9 Å². The molecule has 0 saturated heterocycles. The van der Waals surface area contributed by atoms with Crippen LogP contribution < -0.4 is 5.32 Å². The second-order valence-corrected chi connectivity index (χ2v) is 8.25. The summed E-state index contributed by atoms with van der Waals surface area (Å²) in [4.78, 5) is 18.2. The van der Waals surface area contributed by atoms with Crippen molar-refractivity contribution in [2.24, 2.45) is 0 Å². The molecule has 1 N–H and O–H groups in total. The maximum atomic E-state index is 13.3. The zero-order chi connectivity index (χ0) is 21.4. The van der Waals surface area contributed by atoms with Gasteiger partial charge in [0.15, 0.2) is 0 Å². The molecule has 0 atom stereocenters. The second-order valence-electron chi connectivity index (χ2n) is 7.41. The third kappa shape index (κ3) is 3.91. The highest BCUT2D eigenvalue weighted by atomic mass is 35.5. The quantitative estimate of drug-likeness (QED) is 0.365. The van der Waals surface area contributed by atoms with Crippen LogP contribution in [0.5, 0.6) is 0 Å². The number of carbonyl (C=O) groups excluding carboxylic acids is 1. The fraction of sp³-hybridized carbons (Fsp3) is 0.120. The van der Waals surface area contributed by atoms with E-state index in [1.807, 2.05) is 69.3 Å². The molecule has 3 nitrogen and oxygen atoms in total. The number of aromatic nitrogens is 1. The predicted molar refractivity (Wildman–Crippen MR) is 126 cm³/mol. The standard InChI is InChI=1S/C25H20Cl2N2O/c1-14-11-15(2)24-19(12-14)20(13-23(28-24)17-7-9-18(26)10-8-17)25(30)29-22-6-4-5-21(27)16(22)3/h4-13H,1-3H3,(H,29,30). The molecule has 150 valence electrons. The molecule has 0 aliphatic rings. The molecule has 5 heteroatoms. The van der Waals surface area contributed by atoms with Gasteiger partial charge in [-0.2, -0.15) is 0 Å². The van der Waals surface area contributed by atoms with E-state index >= 15 is 0 Å². The fourth-order valence-corrected chi connectivity index (χ4v) is 3.87. The van der Waals surface area contributed by atoms with Crippen molar-refractivity contribution < 1.29 is 4.79 Å². The van der Waals surface area contributed by atoms with E-state index in [-0.39, 0.29) is 5.91 Å². The summed E-state index contributed by atoms with van der Waals surface area (Å²) >= 11 is 12.3. The van der Waals surface area contributed by atoms with Crippen LogP contribution in [0.2, 0.25) is 10.0 Å². The average Bonchev–Trinajstić information content (AvgIpc) is 2.71. The number of nitrogens with zero attached hydrogens (tertiary/aromatic N) is 1. The highest BCUT2D eigenvalue weighted by Crippen LogP contribution is 2.30. The van der Waals surface area contributed by atoms with Gasteiger partial charge < -0.3 is 5.32 Å². The molecule has 0 fully saturated rings. The molecule has 0 aliphatic carbocycles. The lowest BCUT2D eigenvalue weighted by molar-refractivity contribution is 0.102. The minimum Gasteiger partial charge on any atom is -0.322 e. The zero-order valence-corrected chi connectivity index (χ0v) is 18.4. The van der Waals surface area contributed by atoms with Crippen LogP contribution in [0.3, 0.4) is 0 Å². The number of benzene rings is 3. The van der Waals surface area contributed by atoms with Gasteiger partial charge in [0, 0.05) is 26.7 Å². The number of amides is 1. The van der Waals surface area contributed by atoms with Crippen molar-refractivity contribution in [3.63, 3.8) is 0 Å². The second kappa shape index (κ2) is 8.10. The van der Waals surface area contributed by atoms with Gasteiger partial charge in [0.25, 0.3) is 5.91 Å². The van der Waals surface area contributed by atoms with Gasteiger partial charge in [0.05, 0.1) is 16.8 Å². The first-order chi connectivity index (χ1) is 14.3. The summed E-state index contributed by atoms with van der Waals surface area (Å²) in [5.74, 6) is -0.201. The number of nitrogens with one attached hydrogen (secondary N) is 1. The molecule has 1 aromatic heterocycles. The van der Waals surface area contributed by atoms with Gasteiger partial charge in [0.1, 0.15) is 0 Å². The fourth-order valence-electron chi connectivity index (χ4n) is 3.57. The summed E-state index contributed by atoms with van der Waals surface area (Å²) in [6, 6.07) is 18.8. The van der Waals surface area contributed by atoms with Crippen molar-refractivity contribution in [3.8, 4) is 11.3 Å². The molecule has 0 unspecified atom stereocenters. The smallest absolute Gasteiger partial charge is 0.256 e. The van der Waals surface area contributed by atoms with Gasteiger partial charge in [-0.25, -0.2) is 4.98 Å². The first kappa shape index (κ1) is 20.4. The Kier molecular flexibility index (Phi) is 5.50. The van der Waals surface area contributed by atoms with Gasteiger partial charge in [-0.1, -0.05) is 53.0 Å². The summed E-state index contributed by atoms with van der Waals surface area (Å²) in [5, 5.41) is 5.10. The van der Waals surface area contributed by atoms with Crippen LogP contribution in [-0.2, 0) is 0 Å². The molecule has 3 aromatic carbocycles. The summed E-state index contributed by atoms with van der Waals surface area (Å²) in [5.41, 5.74) is 6.61. The first-order valence-electron chi connectivity index (χ1n) is 9.58. The van der Waals surface area contributed by atoms with Gasteiger partial charge >= 0.3 is 0 Å². The Labute approximate surface area is 185 Å². The van der Waals surface area contributed by atoms with E-state index in [4.69, 9.17) is 28.2 Å². The van der Waals surface area contributed by atoms with Crippen molar-refractivity contribution in [1.82, 2.24) is 4.98 Å². The number of hydrogen-bond donors (Lipinski definition) is 1. The molecule has 1 heterocycles. The summed E-state index contributed by atoms with van der Waals surface area (Å²) < 4.78 is 0. The first-order valence-corrected chi connectivity index (χ1v) is 10.3. The van der Waals surface area contributed by atoms with Crippen LogP contribution in [0.4, 0.5) is 5.69 Å². The molecule has 1 amide bonds. The maximum absolute atomic E-state index is 13.3. The largest absolute Gasteiger partial charge is 0.322 e. The summed E-state index contributed by atoms with van der Waals surface area (Å²) in [6.45, 7) is 5.91. The monoisotopic (exact) mass is 434 g/mol. The van der Waals surface area contributed by atoms with Crippen LogP contribution in [-0.4, -0.2) is 10.9 Å². The zero-order valence-electron chi connectivity index (χ0n) is 16.9. The Balaban J connectivity index is 1.89. The highest BCUT2D eigenvalue weighted by Gasteiger charge is 2.17. The van der Waals surface area contributed by atoms with E-state index in [9.17, 15) is 4.79 Å². The Bertz CT molecular complexity index is 1280. The molecule has 0 aliphatic heterocycles. The Morgan fingerprint density at radius 3 is 2.40 bits per heavy atom. The van der Waals surface area contributed by atoms with Crippen LogP contribution in [0.25, 0.3) is 22.2 Å². The lowest BCUT2D eigenvalue weighted by Crippen LogP contribution is -2.14.